The first-order valence-corrected chi connectivity index (χ1v) is 6.44. The number of halogens is 1. The Kier molecular flexibility index (Phi) is 3.43. The predicted octanol–water partition coefficient (Wildman–Crippen LogP) is 3.05. The van der Waals surface area contributed by atoms with Gasteiger partial charge >= 0.3 is 5.97 Å². The second-order valence-corrected chi connectivity index (χ2v) is 5.08. The van der Waals surface area contributed by atoms with Crippen molar-refractivity contribution in [3.63, 3.8) is 0 Å². The Morgan fingerprint density at radius 1 is 1.59 bits per heavy atom. The topological polar surface area (TPSA) is 35.5 Å². The number of hydrogen-bond donors (Lipinski definition) is 0. The highest BCUT2D eigenvalue weighted by Gasteiger charge is 2.44. The van der Waals surface area contributed by atoms with Crippen LogP contribution in [0.15, 0.2) is 22.7 Å². The van der Waals surface area contributed by atoms with Gasteiger partial charge in [0.15, 0.2) is 0 Å². The Morgan fingerprint density at radius 2 is 2.35 bits per heavy atom. The molecule has 0 N–H and O–H groups in total. The monoisotopic (exact) mass is 298 g/mol. The average molecular weight is 299 g/mol. The highest BCUT2D eigenvalue weighted by atomic mass is 79.9. The Morgan fingerprint density at radius 3 is 3.00 bits per heavy atom. The molecule has 1 aliphatic rings. The molecule has 17 heavy (non-hydrogen) atoms. The molecule has 0 bridgehead atoms. The third kappa shape index (κ3) is 1.95. The summed E-state index contributed by atoms with van der Waals surface area (Å²) in [6, 6.07) is 5.77. The minimum atomic E-state index is -0.563. The molecule has 0 radical (unpaired) electrons. The molecule has 0 aromatic heterocycles. The fourth-order valence-corrected chi connectivity index (χ4v) is 2.75. The number of methoxy groups -OCH3 is 1. The van der Waals surface area contributed by atoms with Crippen molar-refractivity contribution in [1.29, 1.82) is 0 Å². The molecule has 0 aliphatic carbocycles. The maximum Gasteiger partial charge on any atom is 0.316 e. The molecule has 0 amide bonds. The Balaban J connectivity index is 2.58. The molecule has 3 nitrogen and oxygen atoms in total. The molecule has 0 fully saturated rings. The molecule has 1 atom stereocenters. The first-order chi connectivity index (χ1) is 8.14. The molecule has 0 spiro atoms. The number of carbonyl (C=O) groups excluding carboxylic acids is 1. The smallest absolute Gasteiger partial charge is 0.316 e. The molecule has 92 valence electrons. The SMILES string of the molecule is CCC1(C(=O)OC)CCOc2ccc(Br)cc21. The van der Waals surface area contributed by atoms with E-state index in [4.69, 9.17) is 9.47 Å². The maximum atomic E-state index is 12.1. The summed E-state index contributed by atoms with van der Waals surface area (Å²) < 4.78 is 11.5. The van der Waals surface area contributed by atoms with Crippen molar-refractivity contribution in [3.8, 4) is 5.75 Å². The number of fused-ring (bicyclic) bond motifs is 1. The first-order valence-electron chi connectivity index (χ1n) is 5.65. The molecule has 0 saturated carbocycles. The van der Waals surface area contributed by atoms with Gasteiger partial charge in [-0.3, -0.25) is 4.79 Å². The second kappa shape index (κ2) is 4.69. The van der Waals surface area contributed by atoms with E-state index in [1.807, 2.05) is 25.1 Å². The summed E-state index contributed by atoms with van der Waals surface area (Å²) in [5.74, 6) is 0.606. The summed E-state index contributed by atoms with van der Waals surface area (Å²) in [6.07, 6.45) is 1.38. The van der Waals surface area contributed by atoms with Crippen LogP contribution in [-0.4, -0.2) is 19.7 Å². The fraction of sp³-hybridized carbons (Fsp3) is 0.462. The average Bonchev–Trinajstić information content (AvgIpc) is 2.37. The van der Waals surface area contributed by atoms with E-state index in [-0.39, 0.29) is 5.97 Å². The molecule has 1 heterocycles. The Bertz CT molecular complexity index is 444. The van der Waals surface area contributed by atoms with Gasteiger partial charge in [0.2, 0.25) is 0 Å². The van der Waals surface area contributed by atoms with E-state index < -0.39 is 5.41 Å². The maximum absolute atomic E-state index is 12.1. The summed E-state index contributed by atoms with van der Waals surface area (Å²) in [4.78, 5) is 12.1. The molecular formula is C13H15BrO3. The van der Waals surface area contributed by atoms with Crippen LogP contribution >= 0.6 is 15.9 Å². The van der Waals surface area contributed by atoms with Crippen molar-refractivity contribution in [2.24, 2.45) is 0 Å². The molecule has 2 rings (SSSR count). The zero-order chi connectivity index (χ0) is 12.5. The van der Waals surface area contributed by atoms with Gasteiger partial charge in [-0.05, 0) is 24.6 Å². The molecule has 4 heteroatoms. The lowest BCUT2D eigenvalue weighted by Gasteiger charge is -2.35. The lowest BCUT2D eigenvalue weighted by atomic mass is 9.74. The van der Waals surface area contributed by atoms with Gasteiger partial charge in [0.05, 0.1) is 19.1 Å². The number of ether oxygens (including phenoxy) is 2. The van der Waals surface area contributed by atoms with E-state index in [1.165, 1.54) is 7.11 Å². The van der Waals surface area contributed by atoms with E-state index in [9.17, 15) is 4.79 Å². The van der Waals surface area contributed by atoms with Crippen molar-refractivity contribution in [1.82, 2.24) is 0 Å². The normalized spacial score (nSPS) is 22.5. The van der Waals surface area contributed by atoms with Crippen LogP contribution in [0.1, 0.15) is 25.3 Å². The van der Waals surface area contributed by atoms with E-state index in [1.54, 1.807) is 0 Å². The summed E-state index contributed by atoms with van der Waals surface area (Å²) in [7, 11) is 1.44. The third-order valence-electron chi connectivity index (χ3n) is 3.42. The van der Waals surface area contributed by atoms with Gasteiger partial charge < -0.3 is 9.47 Å². The molecule has 0 saturated heterocycles. The predicted molar refractivity (Wildman–Crippen MR) is 68.2 cm³/mol. The molecule has 1 unspecified atom stereocenters. The van der Waals surface area contributed by atoms with Gasteiger partial charge in [-0.15, -0.1) is 0 Å². The van der Waals surface area contributed by atoms with Crippen molar-refractivity contribution >= 4 is 21.9 Å². The summed E-state index contributed by atoms with van der Waals surface area (Å²) in [5, 5.41) is 0. The summed E-state index contributed by atoms with van der Waals surface area (Å²) >= 11 is 3.43. The molecular weight excluding hydrogens is 284 g/mol. The minimum absolute atomic E-state index is 0.178. The fourth-order valence-electron chi connectivity index (χ4n) is 2.39. The molecule has 1 aromatic carbocycles. The second-order valence-electron chi connectivity index (χ2n) is 4.17. The Labute approximate surface area is 109 Å². The van der Waals surface area contributed by atoms with Crippen LogP contribution in [0.3, 0.4) is 0 Å². The van der Waals surface area contributed by atoms with Crippen LogP contribution < -0.4 is 4.74 Å². The summed E-state index contributed by atoms with van der Waals surface area (Å²) in [6.45, 7) is 2.56. The first kappa shape index (κ1) is 12.4. The number of benzene rings is 1. The van der Waals surface area contributed by atoms with Crippen LogP contribution in [0, 0.1) is 0 Å². The van der Waals surface area contributed by atoms with Crippen LogP contribution in [0.4, 0.5) is 0 Å². The lowest BCUT2D eigenvalue weighted by molar-refractivity contribution is -0.149. The third-order valence-corrected chi connectivity index (χ3v) is 3.92. The standard InChI is InChI=1S/C13H15BrO3/c1-3-13(12(15)16-2)6-7-17-11-5-4-9(14)8-10(11)13/h4-5,8H,3,6-7H2,1-2H3. The van der Waals surface area contributed by atoms with Crippen LogP contribution in [-0.2, 0) is 14.9 Å². The van der Waals surface area contributed by atoms with E-state index in [0.717, 1.165) is 15.8 Å². The van der Waals surface area contributed by atoms with E-state index in [0.29, 0.717) is 19.4 Å². The van der Waals surface area contributed by atoms with Crippen molar-refractivity contribution in [3.05, 3.63) is 28.2 Å². The van der Waals surface area contributed by atoms with Gasteiger partial charge in [0.25, 0.3) is 0 Å². The highest BCUT2D eigenvalue weighted by molar-refractivity contribution is 9.10. The lowest BCUT2D eigenvalue weighted by Crippen LogP contribution is -2.41. The van der Waals surface area contributed by atoms with Gasteiger partial charge in [0.1, 0.15) is 5.75 Å². The van der Waals surface area contributed by atoms with Crippen molar-refractivity contribution < 1.29 is 14.3 Å². The Hall–Kier alpha value is -1.03. The van der Waals surface area contributed by atoms with Crippen LogP contribution in [0.5, 0.6) is 5.75 Å². The summed E-state index contributed by atoms with van der Waals surface area (Å²) in [5.41, 5.74) is 0.360. The number of rotatable bonds is 2. The highest BCUT2D eigenvalue weighted by Crippen LogP contribution is 2.43. The van der Waals surface area contributed by atoms with E-state index in [2.05, 4.69) is 15.9 Å². The van der Waals surface area contributed by atoms with Gasteiger partial charge in [-0.2, -0.15) is 0 Å². The number of esters is 1. The largest absolute Gasteiger partial charge is 0.493 e. The number of carbonyl (C=O) groups is 1. The zero-order valence-corrected chi connectivity index (χ0v) is 11.5. The van der Waals surface area contributed by atoms with Gasteiger partial charge in [-0.25, -0.2) is 0 Å². The van der Waals surface area contributed by atoms with Crippen molar-refractivity contribution in [2.45, 2.75) is 25.2 Å². The van der Waals surface area contributed by atoms with Crippen LogP contribution in [0.2, 0.25) is 0 Å². The van der Waals surface area contributed by atoms with Gasteiger partial charge in [-0.1, -0.05) is 22.9 Å². The van der Waals surface area contributed by atoms with E-state index >= 15 is 0 Å². The zero-order valence-electron chi connectivity index (χ0n) is 9.96. The molecule has 1 aliphatic heterocycles. The van der Waals surface area contributed by atoms with Gasteiger partial charge in [0, 0.05) is 16.5 Å². The van der Waals surface area contributed by atoms with Crippen molar-refractivity contribution in [2.75, 3.05) is 13.7 Å². The van der Waals surface area contributed by atoms with Crippen LogP contribution in [0.25, 0.3) is 0 Å². The molecule has 1 aromatic rings. The number of hydrogen-bond acceptors (Lipinski definition) is 3. The minimum Gasteiger partial charge on any atom is -0.493 e. The quantitative estimate of drug-likeness (QED) is 0.787.